The maximum Gasteiger partial charge on any atom is 0.272 e. The summed E-state index contributed by atoms with van der Waals surface area (Å²) >= 11 is 5.91. The summed E-state index contributed by atoms with van der Waals surface area (Å²) in [5.74, 6) is 0.382. The Hall–Kier alpha value is -2.80. The molecule has 0 fully saturated rings. The standard InChI is InChI=1S/C17H18ClN5O2/c1-2-22-8-6-14(20-22)11-19-17(24)16-7-9-23(21-16)12-25-15-5-3-4-13(18)10-15/h3-10H,2,11-12H2,1H3,(H,19,24). The first-order chi connectivity index (χ1) is 12.1. The van der Waals surface area contributed by atoms with Crippen molar-refractivity contribution in [1.29, 1.82) is 0 Å². The van der Waals surface area contributed by atoms with Crippen LogP contribution in [0, 0.1) is 0 Å². The normalized spacial score (nSPS) is 10.6. The molecule has 0 saturated carbocycles. The average Bonchev–Trinajstić information content (AvgIpc) is 3.27. The number of rotatable bonds is 7. The zero-order chi connectivity index (χ0) is 17.6. The van der Waals surface area contributed by atoms with Crippen LogP contribution in [0.25, 0.3) is 0 Å². The van der Waals surface area contributed by atoms with Crippen LogP contribution in [-0.2, 0) is 19.8 Å². The second kappa shape index (κ2) is 7.85. The molecule has 0 radical (unpaired) electrons. The third kappa shape index (κ3) is 4.60. The number of hydrogen-bond donors (Lipinski definition) is 1. The second-order valence-electron chi connectivity index (χ2n) is 5.32. The molecule has 3 aromatic rings. The highest BCUT2D eigenvalue weighted by atomic mass is 35.5. The summed E-state index contributed by atoms with van der Waals surface area (Å²) in [6.45, 7) is 3.35. The minimum Gasteiger partial charge on any atom is -0.471 e. The van der Waals surface area contributed by atoms with Crippen LogP contribution >= 0.6 is 11.6 Å². The second-order valence-corrected chi connectivity index (χ2v) is 5.75. The number of nitrogens with one attached hydrogen (secondary N) is 1. The number of ether oxygens (including phenoxy) is 1. The summed E-state index contributed by atoms with van der Waals surface area (Å²) in [5.41, 5.74) is 1.13. The first kappa shape index (κ1) is 17.0. The molecule has 1 aromatic carbocycles. The molecule has 0 spiro atoms. The number of aromatic nitrogens is 4. The summed E-state index contributed by atoms with van der Waals surface area (Å²) in [6.07, 6.45) is 3.56. The monoisotopic (exact) mass is 359 g/mol. The highest BCUT2D eigenvalue weighted by Gasteiger charge is 2.10. The highest BCUT2D eigenvalue weighted by molar-refractivity contribution is 6.30. The summed E-state index contributed by atoms with van der Waals surface area (Å²) in [4.78, 5) is 12.1. The predicted molar refractivity (Wildman–Crippen MR) is 93.4 cm³/mol. The molecule has 2 aromatic heterocycles. The van der Waals surface area contributed by atoms with Gasteiger partial charge in [-0.15, -0.1) is 0 Å². The molecule has 0 bridgehead atoms. The van der Waals surface area contributed by atoms with Crippen molar-refractivity contribution in [1.82, 2.24) is 24.9 Å². The van der Waals surface area contributed by atoms with E-state index < -0.39 is 0 Å². The molecule has 0 aliphatic rings. The largest absolute Gasteiger partial charge is 0.471 e. The zero-order valence-electron chi connectivity index (χ0n) is 13.7. The molecule has 25 heavy (non-hydrogen) atoms. The lowest BCUT2D eigenvalue weighted by Gasteiger charge is -2.06. The van der Waals surface area contributed by atoms with E-state index in [1.165, 1.54) is 0 Å². The van der Waals surface area contributed by atoms with Crippen LogP contribution in [0.1, 0.15) is 23.1 Å². The van der Waals surface area contributed by atoms with Crippen molar-refractivity contribution < 1.29 is 9.53 Å². The van der Waals surface area contributed by atoms with Gasteiger partial charge in [-0.3, -0.25) is 9.48 Å². The SMILES string of the molecule is CCn1ccc(CNC(=O)c2ccn(COc3cccc(Cl)c3)n2)n1. The maximum atomic E-state index is 12.1. The molecule has 1 N–H and O–H groups in total. The first-order valence-corrected chi connectivity index (χ1v) is 8.24. The molecule has 1 amide bonds. The van der Waals surface area contributed by atoms with E-state index in [1.807, 2.05) is 23.9 Å². The van der Waals surface area contributed by atoms with Crippen LogP contribution in [0.5, 0.6) is 5.75 Å². The number of nitrogens with zero attached hydrogens (tertiary/aromatic N) is 4. The number of aryl methyl sites for hydroxylation is 1. The summed E-state index contributed by atoms with van der Waals surface area (Å²) < 4.78 is 8.93. The van der Waals surface area contributed by atoms with Gasteiger partial charge in [-0.1, -0.05) is 17.7 Å². The van der Waals surface area contributed by atoms with Gasteiger partial charge < -0.3 is 10.1 Å². The highest BCUT2D eigenvalue weighted by Crippen LogP contribution is 2.17. The lowest BCUT2D eigenvalue weighted by molar-refractivity contribution is 0.0943. The Labute approximate surface area is 150 Å². The summed E-state index contributed by atoms with van der Waals surface area (Å²) in [5, 5.41) is 11.9. The van der Waals surface area contributed by atoms with Crippen molar-refractivity contribution in [2.45, 2.75) is 26.7 Å². The Balaban J connectivity index is 1.52. The molecule has 7 nitrogen and oxygen atoms in total. The molecule has 0 unspecified atom stereocenters. The summed E-state index contributed by atoms with van der Waals surface area (Å²) in [6, 6.07) is 10.6. The molecule has 2 heterocycles. The van der Waals surface area contributed by atoms with E-state index in [4.69, 9.17) is 16.3 Å². The third-order valence-corrected chi connectivity index (χ3v) is 3.72. The van der Waals surface area contributed by atoms with Gasteiger partial charge in [0.05, 0.1) is 12.2 Å². The minimum atomic E-state index is -0.257. The van der Waals surface area contributed by atoms with E-state index in [-0.39, 0.29) is 12.6 Å². The van der Waals surface area contributed by atoms with Gasteiger partial charge in [0.1, 0.15) is 11.4 Å². The maximum absolute atomic E-state index is 12.1. The van der Waals surface area contributed by atoms with Crippen LogP contribution < -0.4 is 10.1 Å². The molecule has 0 aliphatic carbocycles. The van der Waals surface area contributed by atoms with Crippen LogP contribution in [0.4, 0.5) is 0 Å². The Morgan fingerprint density at radius 2 is 2.04 bits per heavy atom. The van der Waals surface area contributed by atoms with Gasteiger partial charge in [-0.2, -0.15) is 10.2 Å². The summed E-state index contributed by atoms with van der Waals surface area (Å²) in [7, 11) is 0. The van der Waals surface area contributed by atoms with E-state index in [0.29, 0.717) is 23.0 Å². The molecule has 3 rings (SSSR count). The predicted octanol–water partition coefficient (Wildman–Crippen LogP) is 2.72. The van der Waals surface area contributed by atoms with Gasteiger partial charge in [0, 0.05) is 24.0 Å². The van der Waals surface area contributed by atoms with Crippen molar-refractivity contribution in [2.24, 2.45) is 0 Å². The van der Waals surface area contributed by atoms with Crippen molar-refractivity contribution in [3.63, 3.8) is 0 Å². The van der Waals surface area contributed by atoms with Gasteiger partial charge in [0.25, 0.3) is 5.91 Å². The molecular weight excluding hydrogens is 342 g/mol. The fourth-order valence-corrected chi connectivity index (χ4v) is 2.37. The van der Waals surface area contributed by atoms with Gasteiger partial charge in [-0.05, 0) is 37.3 Å². The molecule has 130 valence electrons. The molecular formula is C17H18ClN5O2. The average molecular weight is 360 g/mol. The van der Waals surface area contributed by atoms with Crippen molar-refractivity contribution in [2.75, 3.05) is 0 Å². The number of carbonyl (C=O) groups excluding carboxylic acids is 1. The molecule has 0 saturated heterocycles. The number of hydrogen-bond acceptors (Lipinski definition) is 4. The smallest absolute Gasteiger partial charge is 0.272 e. The van der Waals surface area contributed by atoms with Crippen LogP contribution in [-0.4, -0.2) is 25.5 Å². The molecule has 0 atom stereocenters. The van der Waals surface area contributed by atoms with E-state index in [2.05, 4.69) is 15.5 Å². The molecule has 0 aliphatic heterocycles. The molecule has 8 heteroatoms. The number of amides is 1. The van der Waals surface area contributed by atoms with Crippen molar-refractivity contribution in [3.8, 4) is 5.75 Å². The van der Waals surface area contributed by atoms with Gasteiger partial charge >= 0.3 is 0 Å². The van der Waals surface area contributed by atoms with Crippen molar-refractivity contribution in [3.05, 3.63) is 65.2 Å². The number of carbonyl (C=O) groups is 1. The van der Waals surface area contributed by atoms with Gasteiger partial charge in [0.2, 0.25) is 0 Å². The van der Waals surface area contributed by atoms with Crippen LogP contribution in [0.2, 0.25) is 5.02 Å². The fraction of sp³-hybridized carbons (Fsp3) is 0.235. The van der Waals surface area contributed by atoms with Crippen LogP contribution in [0.15, 0.2) is 48.8 Å². The Kier molecular flexibility index (Phi) is 5.35. The topological polar surface area (TPSA) is 74.0 Å². The Morgan fingerprint density at radius 1 is 1.20 bits per heavy atom. The quantitative estimate of drug-likeness (QED) is 0.704. The van der Waals surface area contributed by atoms with E-state index in [0.717, 1.165) is 12.2 Å². The Bertz CT molecular complexity index is 858. The lowest BCUT2D eigenvalue weighted by Crippen LogP contribution is -2.24. The van der Waals surface area contributed by atoms with Crippen molar-refractivity contribution >= 4 is 17.5 Å². The first-order valence-electron chi connectivity index (χ1n) is 7.86. The van der Waals surface area contributed by atoms with Crippen LogP contribution in [0.3, 0.4) is 0 Å². The van der Waals surface area contributed by atoms with E-state index in [9.17, 15) is 4.79 Å². The van der Waals surface area contributed by atoms with Gasteiger partial charge in [-0.25, -0.2) is 4.68 Å². The Morgan fingerprint density at radius 3 is 2.80 bits per heavy atom. The van der Waals surface area contributed by atoms with Gasteiger partial charge in [0.15, 0.2) is 6.73 Å². The fourth-order valence-electron chi connectivity index (χ4n) is 2.19. The zero-order valence-corrected chi connectivity index (χ0v) is 14.5. The van der Waals surface area contributed by atoms with E-state index >= 15 is 0 Å². The number of benzene rings is 1. The van der Waals surface area contributed by atoms with E-state index in [1.54, 1.807) is 41.2 Å². The lowest BCUT2D eigenvalue weighted by atomic mass is 10.3. The number of halogens is 1. The third-order valence-electron chi connectivity index (χ3n) is 3.48. The minimum absolute atomic E-state index is 0.189.